The van der Waals surface area contributed by atoms with Gasteiger partial charge in [-0.25, -0.2) is 0 Å². The third-order valence-electron chi connectivity index (χ3n) is 9.90. The van der Waals surface area contributed by atoms with Crippen LogP contribution < -0.4 is 19.5 Å². The molecule has 5 aromatic rings. The first kappa shape index (κ1) is 35.8. The molecule has 0 radical (unpaired) electrons. The van der Waals surface area contributed by atoms with Crippen LogP contribution in [-0.2, 0) is 10.8 Å². The molecule has 0 aliphatic carbocycles. The average Bonchev–Trinajstić information content (AvgIpc) is 2.98. The molecular weight excluding hydrogens is 689 g/mol. The number of ether oxygens (including phenoxy) is 1. The molecule has 3 aromatic carbocycles. The van der Waals surface area contributed by atoms with Gasteiger partial charge in [0.2, 0.25) is 0 Å². The van der Waals surface area contributed by atoms with Crippen molar-refractivity contribution < 1.29 is 4.74 Å². The number of benzene rings is 3. The van der Waals surface area contributed by atoms with Gasteiger partial charge >= 0.3 is 302 Å². The van der Waals surface area contributed by atoms with Gasteiger partial charge in [0.1, 0.15) is 0 Å². The van der Waals surface area contributed by atoms with Crippen LogP contribution in [0, 0.1) is 0 Å². The van der Waals surface area contributed by atoms with Crippen molar-refractivity contribution in [3.8, 4) is 45.3 Å². The molecule has 0 saturated carbocycles. The number of hydrogen-bond acceptors (Lipinski definition) is 3. The van der Waals surface area contributed by atoms with Crippen molar-refractivity contribution in [3.63, 3.8) is 0 Å². The summed E-state index contributed by atoms with van der Waals surface area (Å²) in [4.78, 5) is 10.9. The maximum atomic E-state index is 6.99. The number of fused-ring (bicyclic) bond motifs is 2. The fraction of sp³-hybridized carbons (Fsp3) is 0.395. The van der Waals surface area contributed by atoms with E-state index in [9.17, 15) is 0 Å². The SMILES string of the molecule is CC(C)(C)c1cc(-c2cccc(C(C)(C)C)n2)cc(-c2cc3[c]([Ge]([CH3])([CH3])[CH3])ccc4c3c(n2)-c2cc([Si](C)(C)C)cc([Si](C)(C)C)c2O4)c1. The molecule has 1 aliphatic rings. The Hall–Kier alpha value is -3.00. The van der Waals surface area contributed by atoms with Gasteiger partial charge in [0.05, 0.1) is 0 Å². The zero-order valence-electron chi connectivity index (χ0n) is 32.7. The molecule has 3 nitrogen and oxygen atoms in total. The summed E-state index contributed by atoms with van der Waals surface area (Å²) in [5.74, 6) is 9.45. The first-order valence-electron chi connectivity index (χ1n) is 17.9. The Morgan fingerprint density at radius 3 is 1.88 bits per heavy atom. The second-order valence-electron chi connectivity index (χ2n) is 19.3. The minimum atomic E-state index is -2.32. The molecule has 0 amide bonds. The van der Waals surface area contributed by atoms with Crippen molar-refractivity contribution in [2.24, 2.45) is 0 Å². The third kappa shape index (κ3) is 6.88. The molecule has 0 atom stereocenters. The Labute approximate surface area is 300 Å². The topological polar surface area (TPSA) is 35.0 Å². The molecule has 0 fully saturated rings. The molecule has 0 N–H and O–H groups in total. The Bertz CT molecular complexity index is 2120. The predicted molar refractivity (Wildman–Crippen MR) is 222 cm³/mol. The van der Waals surface area contributed by atoms with Crippen LogP contribution in [0.3, 0.4) is 0 Å². The fourth-order valence-corrected chi connectivity index (χ4v) is 12.9. The first-order valence-corrected chi connectivity index (χ1v) is 32.3. The van der Waals surface area contributed by atoms with Crippen LogP contribution in [0.2, 0.25) is 56.6 Å². The van der Waals surface area contributed by atoms with E-state index in [1.807, 2.05) is 0 Å². The summed E-state index contributed by atoms with van der Waals surface area (Å²) in [5, 5.41) is 5.35. The van der Waals surface area contributed by atoms with Crippen LogP contribution >= 0.6 is 0 Å². The van der Waals surface area contributed by atoms with Crippen LogP contribution in [0.1, 0.15) is 52.8 Å². The maximum absolute atomic E-state index is 6.99. The molecular formula is C43H56GeN2OSi2. The molecule has 256 valence electrons. The molecule has 0 unspecified atom stereocenters. The molecule has 0 saturated heterocycles. The van der Waals surface area contributed by atoms with E-state index >= 15 is 0 Å². The van der Waals surface area contributed by atoms with Crippen molar-refractivity contribution in [1.82, 2.24) is 9.97 Å². The van der Waals surface area contributed by atoms with E-state index in [1.165, 1.54) is 36.7 Å². The molecule has 0 bridgehead atoms. The summed E-state index contributed by atoms with van der Waals surface area (Å²) in [6.45, 7) is 28.3. The minimum absolute atomic E-state index is 0.0334. The van der Waals surface area contributed by atoms with Crippen LogP contribution in [0.4, 0.5) is 0 Å². The Kier molecular flexibility index (Phi) is 8.61. The summed E-state index contributed by atoms with van der Waals surface area (Å²) < 4.78 is 8.48. The molecule has 3 heterocycles. The van der Waals surface area contributed by atoms with Crippen molar-refractivity contribution in [1.29, 1.82) is 0 Å². The number of hydrogen-bond donors (Lipinski definition) is 0. The monoisotopic (exact) mass is 746 g/mol. The van der Waals surface area contributed by atoms with Crippen LogP contribution in [0.5, 0.6) is 11.5 Å². The van der Waals surface area contributed by atoms with Gasteiger partial charge in [0, 0.05) is 0 Å². The quantitative estimate of drug-likeness (QED) is 0.165. The van der Waals surface area contributed by atoms with Crippen molar-refractivity contribution in [2.75, 3.05) is 0 Å². The first-order chi connectivity index (χ1) is 22.4. The molecule has 1 aliphatic heterocycles. The van der Waals surface area contributed by atoms with E-state index < -0.39 is 29.4 Å². The van der Waals surface area contributed by atoms with Crippen LogP contribution in [-0.4, -0.2) is 39.4 Å². The van der Waals surface area contributed by atoms with Gasteiger partial charge in [0.15, 0.2) is 0 Å². The summed E-state index contributed by atoms with van der Waals surface area (Å²) >= 11 is -2.32. The summed E-state index contributed by atoms with van der Waals surface area (Å²) in [6, 6.07) is 25.4. The molecule has 6 heteroatoms. The Morgan fingerprint density at radius 1 is 0.653 bits per heavy atom. The summed E-state index contributed by atoms with van der Waals surface area (Å²) in [6.07, 6.45) is 0. The second kappa shape index (κ2) is 11.8. The van der Waals surface area contributed by atoms with Crippen molar-refractivity contribution in [3.05, 3.63) is 78.0 Å². The van der Waals surface area contributed by atoms with Gasteiger partial charge in [-0.05, 0) is 0 Å². The van der Waals surface area contributed by atoms with Crippen molar-refractivity contribution in [2.45, 2.75) is 109 Å². The standard InChI is InChI=1S/C43H56GeN2OSi2/c1-42(2,3)29-22-27(34-17-16-18-38(45-34)43(4,5)6)21-28(23-29)35-26-31-33(44(7,8)9)19-20-36-39(31)40(46-35)32-24-30(48(10,11)12)25-37(41(32)47-36)49(13,14)15/h16-26H,1-15H3. The predicted octanol–water partition coefficient (Wildman–Crippen LogP) is 11.0. The number of nitrogens with zero attached hydrogens (tertiary/aromatic N) is 2. The molecule has 49 heavy (non-hydrogen) atoms. The van der Waals surface area contributed by atoms with Gasteiger partial charge < -0.3 is 0 Å². The van der Waals surface area contributed by atoms with E-state index in [4.69, 9.17) is 14.7 Å². The number of rotatable bonds is 5. The van der Waals surface area contributed by atoms with Gasteiger partial charge in [-0.3, -0.25) is 0 Å². The second-order valence-corrected chi connectivity index (χ2v) is 40.0. The summed E-state index contributed by atoms with van der Waals surface area (Å²) in [7, 11) is -3.41. The van der Waals surface area contributed by atoms with E-state index in [0.717, 1.165) is 45.4 Å². The van der Waals surface area contributed by atoms with Crippen molar-refractivity contribution >= 4 is 55.0 Å². The number of pyridine rings is 2. The average molecular weight is 746 g/mol. The zero-order valence-corrected chi connectivity index (χ0v) is 36.8. The Balaban J connectivity index is 1.72. The summed E-state index contributed by atoms with van der Waals surface area (Å²) in [5.41, 5.74) is 8.85. The molecule has 6 rings (SSSR count). The molecule has 2 aromatic heterocycles. The number of aromatic nitrogens is 2. The molecule has 0 spiro atoms. The van der Waals surface area contributed by atoms with Gasteiger partial charge in [-0.15, -0.1) is 0 Å². The van der Waals surface area contributed by atoms with E-state index in [2.05, 4.69) is 165 Å². The van der Waals surface area contributed by atoms with E-state index in [0.29, 0.717) is 0 Å². The van der Waals surface area contributed by atoms with E-state index in [-0.39, 0.29) is 10.8 Å². The normalized spacial score (nSPS) is 13.8. The van der Waals surface area contributed by atoms with Gasteiger partial charge in [-0.2, -0.15) is 0 Å². The van der Waals surface area contributed by atoms with Crippen LogP contribution in [0.15, 0.2) is 66.7 Å². The Morgan fingerprint density at radius 2 is 1.31 bits per heavy atom. The zero-order chi connectivity index (χ0) is 36.1. The third-order valence-corrected chi connectivity index (χ3v) is 18.2. The van der Waals surface area contributed by atoms with Gasteiger partial charge in [-0.1, -0.05) is 0 Å². The van der Waals surface area contributed by atoms with Gasteiger partial charge in [0.25, 0.3) is 0 Å². The van der Waals surface area contributed by atoms with Crippen LogP contribution in [0.25, 0.3) is 44.5 Å². The van der Waals surface area contributed by atoms with E-state index in [1.54, 1.807) is 0 Å². The fourth-order valence-electron chi connectivity index (χ4n) is 6.81.